The largest absolute Gasteiger partial charge is 0.138 e. The Bertz CT molecular complexity index is 369. The van der Waals surface area contributed by atoms with Gasteiger partial charge in [0, 0.05) is 10.9 Å². The topological polar surface area (TPSA) is 25.8 Å². The number of hydrogen-bond acceptors (Lipinski definition) is 3. The predicted octanol–water partition coefficient (Wildman–Crippen LogP) is 3.54. The van der Waals surface area contributed by atoms with E-state index >= 15 is 0 Å². The summed E-state index contributed by atoms with van der Waals surface area (Å²) in [5, 5.41) is 5.98. The molecule has 1 aromatic carbocycles. The summed E-state index contributed by atoms with van der Waals surface area (Å²) in [4.78, 5) is 0. The molecule has 0 unspecified atom stereocenters. The molecular formula is C11H14N2S. The van der Waals surface area contributed by atoms with Gasteiger partial charge in [0.15, 0.2) is 0 Å². The molecule has 1 heterocycles. The van der Waals surface area contributed by atoms with Crippen LogP contribution in [-0.4, -0.2) is 9.59 Å². The molecule has 2 rings (SSSR count). The van der Waals surface area contributed by atoms with E-state index in [1.165, 1.54) is 22.7 Å². The van der Waals surface area contributed by atoms with Crippen molar-refractivity contribution in [2.75, 3.05) is 0 Å². The molecule has 0 bridgehead atoms. The summed E-state index contributed by atoms with van der Waals surface area (Å²) in [5.74, 6) is 0. The second kappa shape index (κ2) is 5.50. The van der Waals surface area contributed by atoms with Crippen LogP contribution in [0.5, 0.6) is 0 Å². The lowest BCUT2D eigenvalue weighted by Crippen LogP contribution is -1.81. The second-order valence-electron chi connectivity index (χ2n) is 2.61. The van der Waals surface area contributed by atoms with Crippen LogP contribution in [0.4, 0.5) is 0 Å². The molecule has 1 aromatic heterocycles. The fourth-order valence-electron chi connectivity index (χ4n) is 1.14. The van der Waals surface area contributed by atoms with E-state index in [1.807, 2.05) is 31.4 Å². The van der Waals surface area contributed by atoms with Crippen LogP contribution in [0.3, 0.4) is 0 Å². The maximum absolute atomic E-state index is 4.02. The molecule has 0 radical (unpaired) electrons. The molecule has 3 heteroatoms. The highest BCUT2D eigenvalue weighted by Gasteiger charge is 2.01. The van der Waals surface area contributed by atoms with E-state index < -0.39 is 0 Å². The van der Waals surface area contributed by atoms with Crippen molar-refractivity contribution in [3.63, 3.8) is 0 Å². The Hall–Kier alpha value is -1.22. The van der Waals surface area contributed by atoms with E-state index in [-0.39, 0.29) is 0 Å². The number of aromatic nitrogens is 2. The Morgan fingerprint density at radius 3 is 2.43 bits per heavy atom. The van der Waals surface area contributed by atoms with Crippen LogP contribution < -0.4 is 0 Å². The number of hydrogen-bond donors (Lipinski definition) is 0. The molecule has 0 amide bonds. The smallest absolute Gasteiger partial charge is 0.106 e. The first-order valence-corrected chi connectivity index (χ1v) is 5.54. The summed E-state index contributed by atoms with van der Waals surface area (Å²) in [7, 11) is 0. The van der Waals surface area contributed by atoms with E-state index in [0.29, 0.717) is 0 Å². The average molecular weight is 206 g/mol. The summed E-state index contributed by atoms with van der Waals surface area (Å²) in [6.45, 7) is 6.08. The predicted molar refractivity (Wildman–Crippen MR) is 61.4 cm³/mol. The molecule has 74 valence electrons. The van der Waals surface area contributed by atoms with Gasteiger partial charge in [-0.05, 0) is 24.0 Å². The van der Waals surface area contributed by atoms with Crippen LogP contribution in [-0.2, 0) is 0 Å². The minimum absolute atomic E-state index is 0.970. The van der Waals surface area contributed by atoms with E-state index in [9.17, 15) is 0 Å². The number of rotatable bonds is 1. The Kier molecular flexibility index (Phi) is 4.26. The third-order valence-electron chi connectivity index (χ3n) is 1.78. The van der Waals surface area contributed by atoms with Crippen LogP contribution >= 0.6 is 11.5 Å². The first-order chi connectivity index (χ1) is 6.88. The van der Waals surface area contributed by atoms with Gasteiger partial charge in [0.1, 0.15) is 5.69 Å². The molecule has 2 nitrogen and oxygen atoms in total. The van der Waals surface area contributed by atoms with Crippen molar-refractivity contribution in [1.29, 1.82) is 0 Å². The third-order valence-corrected chi connectivity index (χ3v) is 2.29. The van der Waals surface area contributed by atoms with Crippen LogP contribution in [0.1, 0.15) is 19.4 Å². The van der Waals surface area contributed by atoms with Crippen molar-refractivity contribution in [3.8, 4) is 11.3 Å². The number of nitrogens with zero attached hydrogens (tertiary/aromatic N) is 2. The van der Waals surface area contributed by atoms with Gasteiger partial charge in [-0.1, -0.05) is 42.6 Å². The molecule has 0 N–H and O–H groups in total. The van der Waals surface area contributed by atoms with Crippen LogP contribution in [0.15, 0.2) is 29.6 Å². The summed E-state index contributed by atoms with van der Waals surface area (Å²) in [6, 6.07) is 8.18. The molecule has 14 heavy (non-hydrogen) atoms. The normalized spacial score (nSPS) is 9.07. The van der Waals surface area contributed by atoms with Crippen LogP contribution in [0.25, 0.3) is 11.3 Å². The minimum atomic E-state index is 0.970. The lowest BCUT2D eigenvalue weighted by Gasteiger charge is -1.98. The molecule has 0 saturated heterocycles. The summed E-state index contributed by atoms with van der Waals surface area (Å²) >= 11 is 1.38. The average Bonchev–Trinajstić information content (AvgIpc) is 2.75. The van der Waals surface area contributed by atoms with Crippen molar-refractivity contribution in [1.82, 2.24) is 9.59 Å². The molecule has 0 aliphatic heterocycles. The lowest BCUT2D eigenvalue weighted by atomic mass is 10.1. The molecule has 0 aliphatic rings. The van der Waals surface area contributed by atoms with Gasteiger partial charge < -0.3 is 0 Å². The number of benzene rings is 1. The Morgan fingerprint density at radius 1 is 1.14 bits per heavy atom. The van der Waals surface area contributed by atoms with Crippen LogP contribution in [0, 0.1) is 6.92 Å². The fraction of sp³-hybridized carbons (Fsp3) is 0.273. The molecule has 0 atom stereocenters. The zero-order valence-corrected chi connectivity index (χ0v) is 9.51. The van der Waals surface area contributed by atoms with Crippen molar-refractivity contribution >= 4 is 11.5 Å². The van der Waals surface area contributed by atoms with E-state index in [4.69, 9.17) is 0 Å². The Labute approximate surface area is 88.8 Å². The monoisotopic (exact) mass is 206 g/mol. The second-order valence-corrected chi connectivity index (χ2v) is 3.21. The van der Waals surface area contributed by atoms with Gasteiger partial charge in [-0.25, -0.2) is 0 Å². The first-order valence-electron chi connectivity index (χ1n) is 4.71. The standard InChI is InChI=1S/C9H8N2S.C2H6/c1-7-4-2-3-5-8(7)9-6-12-11-10-9;1-2/h2-6H,1H3;1-2H3. The third kappa shape index (κ3) is 2.39. The molecule has 0 aliphatic carbocycles. The van der Waals surface area contributed by atoms with E-state index in [2.05, 4.69) is 28.6 Å². The molecule has 2 aromatic rings. The Balaban J connectivity index is 0.000000461. The molecule has 0 saturated carbocycles. The highest BCUT2D eigenvalue weighted by molar-refractivity contribution is 7.03. The van der Waals surface area contributed by atoms with E-state index in [0.717, 1.165) is 5.69 Å². The maximum atomic E-state index is 4.02. The first kappa shape index (κ1) is 10.9. The Morgan fingerprint density at radius 2 is 1.86 bits per heavy atom. The fourth-order valence-corrected chi connectivity index (χ4v) is 1.60. The number of aryl methyl sites for hydroxylation is 1. The van der Waals surface area contributed by atoms with Gasteiger partial charge in [0.05, 0.1) is 0 Å². The van der Waals surface area contributed by atoms with Gasteiger partial charge in [-0.15, -0.1) is 5.10 Å². The quantitative estimate of drug-likeness (QED) is 0.713. The molecule has 0 spiro atoms. The maximum Gasteiger partial charge on any atom is 0.106 e. The highest BCUT2D eigenvalue weighted by Crippen LogP contribution is 2.20. The summed E-state index contributed by atoms with van der Waals surface area (Å²) in [6.07, 6.45) is 0. The van der Waals surface area contributed by atoms with Gasteiger partial charge in [0.25, 0.3) is 0 Å². The molecular weight excluding hydrogens is 192 g/mol. The zero-order valence-electron chi connectivity index (χ0n) is 8.69. The van der Waals surface area contributed by atoms with Crippen molar-refractivity contribution in [2.24, 2.45) is 0 Å². The van der Waals surface area contributed by atoms with Gasteiger partial charge in [0.2, 0.25) is 0 Å². The van der Waals surface area contributed by atoms with Crippen LogP contribution in [0.2, 0.25) is 0 Å². The van der Waals surface area contributed by atoms with Gasteiger partial charge >= 0.3 is 0 Å². The lowest BCUT2D eigenvalue weighted by molar-refractivity contribution is 1.16. The van der Waals surface area contributed by atoms with Crippen molar-refractivity contribution in [2.45, 2.75) is 20.8 Å². The van der Waals surface area contributed by atoms with E-state index in [1.54, 1.807) is 0 Å². The van der Waals surface area contributed by atoms with Crippen molar-refractivity contribution < 1.29 is 0 Å². The highest BCUT2D eigenvalue weighted by atomic mass is 32.1. The SMILES string of the molecule is CC.Cc1ccccc1-c1csnn1. The zero-order chi connectivity index (χ0) is 10.4. The summed E-state index contributed by atoms with van der Waals surface area (Å²) in [5.41, 5.74) is 3.38. The summed E-state index contributed by atoms with van der Waals surface area (Å²) < 4.78 is 3.83. The molecule has 0 fully saturated rings. The van der Waals surface area contributed by atoms with Crippen molar-refractivity contribution in [3.05, 3.63) is 35.2 Å². The minimum Gasteiger partial charge on any atom is -0.138 e. The van der Waals surface area contributed by atoms with Gasteiger partial charge in [-0.2, -0.15) is 0 Å². The van der Waals surface area contributed by atoms with Gasteiger partial charge in [-0.3, -0.25) is 0 Å².